The fourth-order valence-electron chi connectivity index (χ4n) is 2.86. The smallest absolute Gasteiger partial charge is 0.229 e. The van der Waals surface area contributed by atoms with E-state index in [1.54, 1.807) is 36.7 Å². The minimum atomic E-state index is -2.10. The summed E-state index contributed by atoms with van der Waals surface area (Å²) in [5.74, 6) is 7.37. The Hall–Kier alpha value is -3.90. The molecule has 9 heteroatoms. The van der Waals surface area contributed by atoms with Crippen molar-refractivity contribution in [2.75, 3.05) is 17.2 Å². The molecular formula is C21H19N7OS. The van der Waals surface area contributed by atoms with E-state index in [0.717, 1.165) is 22.2 Å². The summed E-state index contributed by atoms with van der Waals surface area (Å²) in [5, 5.41) is 14.3. The molecule has 0 aliphatic rings. The molecule has 0 radical (unpaired) electrons. The molecule has 2 aromatic heterocycles. The highest BCUT2D eigenvalue weighted by atomic mass is 32.2. The van der Waals surface area contributed by atoms with E-state index in [1.165, 1.54) is 0 Å². The van der Waals surface area contributed by atoms with E-state index in [-0.39, 0.29) is 0 Å². The van der Waals surface area contributed by atoms with Gasteiger partial charge in [0.2, 0.25) is 5.95 Å². The summed E-state index contributed by atoms with van der Waals surface area (Å²) >= 11 is 0. The van der Waals surface area contributed by atoms with Crippen molar-refractivity contribution in [3.63, 3.8) is 0 Å². The molecule has 4 rings (SSSR count). The van der Waals surface area contributed by atoms with Gasteiger partial charge < -0.3 is 10.6 Å². The summed E-state index contributed by atoms with van der Waals surface area (Å²) in [4.78, 5) is 9.37. The monoisotopic (exact) mass is 417 g/mol. The zero-order chi connectivity index (χ0) is 20.9. The molecule has 0 bridgehead atoms. The van der Waals surface area contributed by atoms with Gasteiger partial charge >= 0.3 is 0 Å². The van der Waals surface area contributed by atoms with E-state index in [9.17, 15) is 4.21 Å². The van der Waals surface area contributed by atoms with Crippen LogP contribution >= 0.6 is 0 Å². The molecule has 2 heterocycles. The summed E-state index contributed by atoms with van der Waals surface area (Å²) in [6.45, 7) is 2.67. The number of nitrogens with zero attached hydrogens (tertiary/aromatic N) is 3. The highest BCUT2D eigenvalue weighted by Crippen LogP contribution is 2.19. The van der Waals surface area contributed by atoms with Gasteiger partial charge in [0, 0.05) is 28.1 Å². The summed E-state index contributed by atoms with van der Waals surface area (Å²) < 4.78 is 18.5. The molecular weight excluding hydrogens is 398 g/mol. The Bertz CT molecular complexity index is 1320. The quantitative estimate of drug-likeness (QED) is 0.250. The van der Waals surface area contributed by atoms with Crippen LogP contribution in [0.4, 0.5) is 17.5 Å². The minimum absolute atomic E-state index is 0.413. The largest absolute Gasteiger partial charge is 0.369 e. The minimum Gasteiger partial charge on any atom is -0.369 e. The van der Waals surface area contributed by atoms with E-state index in [4.69, 9.17) is 4.78 Å². The third kappa shape index (κ3) is 4.24. The number of H-pyrrole nitrogens is 1. The van der Waals surface area contributed by atoms with E-state index in [1.807, 2.05) is 25.1 Å². The van der Waals surface area contributed by atoms with Gasteiger partial charge in [-0.25, -0.2) is 9.19 Å². The summed E-state index contributed by atoms with van der Waals surface area (Å²) in [6, 6.07) is 12.6. The van der Waals surface area contributed by atoms with Crippen LogP contribution in [0.2, 0.25) is 0 Å². The summed E-state index contributed by atoms with van der Waals surface area (Å²) in [5.41, 5.74) is 3.23. The van der Waals surface area contributed by atoms with Crippen LogP contribution in [0.3, 0.4) is 0 Å². The third-order valence-electron chi connectivity index (χ3n) is 4.31. The van der Waals surface area contributed by atoms with Crippen LogP contribution in [0.15, 0.2) is 59.8 Å². The number of fused-ring (bicyclic) bond motifs is 1. The molecule has 4 aromatic rings. The molecule has 0 saturated carbocycles. The zero-order valence-corrected chi connectivity index (χ0v) is 17.0. The number of aromatic amines is 1. The highest BCUT2D eigenvalue weighted by molar-refractivity contribution is 7.73. The summed E-state index contributed by atoms with van der Waals surface area (Å²) in [7, 11) is -2.10. The van der Waals surface area contributed by atoms with Crippen molar-refractivity contribution in [3.8, 4) is 11.8 Å². The number of benzene rings is 2. The maximum atomic E-state index is 11.2. The first-order valence-electron chi connectivity index (χ1n) is 9.24. The fourth-order valence-corrected chi connectivity index (χ4v) is 3.28. The lowest BCUT2D eigenvalue weighted by atomic mass is 10.1. The van der Waals surface area contributed by atoms with Crippen LogP contribution in [0.1, 0.15) is 18.1 Å². The van der Waals surface area contributed by atoms with Crippen molar-refractivity contribution in [1.82, 2.24) is 20.2 Å². The lowest BCUT2D eigenvalue weighted by Crippen LogP contribution is -2.06. The number of anilines is 3. The molecule has 150 valence electrons. The standard InChI is InChI=1S/C21H19N7OS/c1-2-23-20-15(7-6-14-4-3-5-19-18(14)13-25-28-19)12-24-21(27-20)26-16-8-10-17(11-9-16)30(22)29/h3-5,8-13,22,30H,2H2,1H3,(H,25,28)(H2,23,24,26,27). The Kier molecular flexibility index (Phi) is 5.59. The van der Waals surface area contributed by atoms with Crippen molar-refractivity contribution < 1.29 is 4.21 Å². The first kappa shape index (κ1) is 19.4. The number of rotatable bonds is 5. The van der Waals surface area contributed by atoms with Gasteiger partial charge in [-0.3, -0.25) is 9.88 Å². The number of nitrogens with one attached hydrogen (secondary N) is 4. The van der Waals surface area contributed by atoms with E-state index in [0.29, 0.717) is 28.8 Å². The van der Waals surface area contributed by atoms with E-state index < -0.39 is 10.6 Å². The number of hydrogen-bond acceptors (Lipinski definition) is 7. The predicted molar refractivity (Wildman–Crippen MR) is 119 cm³/mol. The van der Waals surface area contributed by atoms with E-state index >= 15 is 0 Å². The van der Waals surface area contributed by atoms with Crippen LogP contribution in [-0.4, -0.2) is 30.9 Å². The SMILES string of the molecule is CCNc1nc(Nc2ccc([SH](=N)=O)cc2)ncc1C#Cc1cccc2[nH]ncc12. The van der Waals surface area contributed by atoms with Gasteiger partial charge in [-0.05, 0) is 43.3 Å². The Morgan fingerprint density at radius 2 is 1.90 bits per heavy atom. The normalized spacial score (nSPS) is 11.5. The molecule has 1 atom stereocenters. The second-order valence-electron chi connectivity index (χ2n) is 6.34. The zero-order valence-electron chi connectivity index (χ0n) is 16.1. The topological polar surface area (TPSA) is 119 Å². The molecule has 0 saturated heterocycles. The first-order valence-corrected chi connectivity index (χ1v) is 10.5. The van der Waals surface area contributed by atoms with Crippen LogP contribution in [-0.2, 0) is 10.6 Å². The van der Waals surface area contributed by atoms with Crippen LogP contribution in [0, 0.1) is 16.6 Å². The maximum absolute atomic E-state index is 11.2. The van der Waals surface area contributed by atoms with Crippen molar-refractivity contribution in [3.05, 3.63) is 66.0 Å². The lowest BCUT2D eigenvalue weighted by molar-refractivity contribution is 0.687. The molecule has 0 amide bonds. The molecule has 0 fully saturated rings. The first-order chi connectivity index (χ1) is 14.6. The van der Waals surface area contributed by atoms with Gasteiger partial charge in [0.05, 0.1) is 34.1 Å². The molecule has 8 nitrogen and oxygen atoms in total. The van der Waals surface area contributed by atoms with Gasteiger partial charge in [0.25, 0.3) is 0 Å². The number of hydrogen-bond donors (Lipinski definition) is 5. The van der Waals surface area contributed by atoms with Gasteiger partial charge in [-0.15, -0.1) is 0 Å². The van der Waals surface area contributed by atoms with Crippen molar-refractivity contribution in [1.29, 1.82) is 4.78 Å². The molecule has 4 N–H and O–H groups in total. The van der Waals surface area contributed by atoms with Crippen LogP contribution < -0.4 is 10.6 Å². The molecule has 30 heavy (non-hydrogen) atoms. The third-order valence-corrected chi connectivity index (χ3v) is 5.07. The second-order valence-corrected chi connectivity index (χ2v) is 7.44. The Morgan fingerprint density at radius 3 is 2.67 bits per heavy atom. The van der Waals surface area contributed by atoms with Crippen LogP contribution in [0.25, 0.3) is 10.9 Å². The maximum Gasteiger partial charge on any atom is 0.229 e. The Labute approximate surface area is 175 Å². The summed E-state index contributed by atoms with van der Waals surface area (Å²) in [6.07, 6.45) is 3.43. The Morgan fingerprint density at radius 1 is 1.10 bits per heavy atom. The van der Waals surface area contributed by atoms with Crippen molar-refractivity contribution >= 4 is 39.0 Å². The number of aromatic nitrogens is 4. The average Bonchev–Trinajstić information content (AvgIpc) is 3.23. The van der Waals surface area contributed by atoms with E-state index in [2.05, 4.69) is 42.6 Å². The van der Waals surface area contributed by atoms with Crippen molar-refractivity contribution in [2.24, 2.45) is 0 Å². The van der Waals surface area contributed by atoms with Crippen LogP contribution in [0.5, 0.6) is 0 Å². The lowest BCUT2D eigenvalue weighted by Gasteiger charge is -2.09. The molecule has 2 aromatic carbocycles. The van der Waals surface area contributed by atoms with Crippen molar-refractivity contribution in [2.45, 2.75) is 11.8 Å². The van der Waals surface area contributed by atoms with Gasteiger partial charge in [-0.1, -0.05) is 17.9 Å². The van der Waals surface area contributed by atoms with Gasteiger partial charge in [0.15, 0.2) is 0 Å². The fraction of sp³-hybridized carbons (Fsp3) is 0.0952. The van der Waals surface area contributed by atoms with Gasteiger partial charge in [0.1, 0.15) is 5.82 Å². The van der Waals surface area contributed by atoms with Gasteiger partial charge in [-0.2, -0.15) is 10.1 Å². The Balaban J connectivity index is 1.62. The molecule has 0 aliphatic heterocycles. The highest BCUT2D eigenvalue weighted by Gasteiger charge is 2.06. The average molecular weight is 417 g/mol. The second kappa shape index (κ2) is 8.63. The predicted octanol–water partition coefficient (Wildman–Crippen LogP) is 3.53. The molecule has 1 unspecified atom stereocenters. The molecule has 0 spiro atoms. The molecule has 0 aliphatic carbocycles. The number of thiol groups is 1.